The van der Waals surface area contributed by atoms with Gasteiger partial charge in [-0.15, -0.1) is 10.2 Å². The van der Waals surface area contributed by atoms with Gasteiger partial charge in [-0.2, -0.15) is 0 Å². The number of carbonyl (C=O) groups is 1. The summed E-state index contributed by atoms with van der Waals surface area (Å²) in [5.74, 6) is 1.45. The van der Waals surface area contributed by atoms with Gasteiger partial charge in [0.1, 0.15) is 5.60 Å². The van der Waals surface area contributed by atoms with Crippen LogP contribution in [0.5, 0.6) is 0 Å². The molecule has 2 aromatic rings. The average molecular weight is 404 g/mol. The lowest BCUT2D eigenvalue weighted by molar-refractivity contribution is 0.0527. The van der Waals surface area contributed by atoms with Crippen LogP contribution in [0.25, 0.3) is 6.08 Å². The number of alkyl carbamates (subject to hydrolysis) is 1. The van der Waals surface area contributed by atoms with E-state index in [1.54, 1.807) is 0 Å². The number of nitrogens with zero attached hydrogens (tertiary/aromatic N) is 2. The second-order valence-corrected chi connectivity index (χ2v) is 8.30. The molecule has 1 amide bonds. The third kappa shape index (κ3) is 9.60. The SMILES string of the molecule is CC(C)(C)OC(=O)NCCCCCc1nnc(SC/C=C/c2ccccc2)o1. The zero-order valence-electron chi connectivity index (χ0n) is 16.8. The normalized spacial score (nSPS) is 11.7. The summed E-state index contributed by atoms with van der Waals surface area (Å²) in [6, 6.07) is 10.2. The van der Waals surface area contributed by atoms with Crippen LogP contribution in [0.1, 0.15) is 51.5 Å². The first-order chi connectivity index (χ1) is 13.4. The molecule has 0 aliphatic rings. The van der Waals surface area contributed by atoms with E-state index in [1.165, 1.54) is 17.3 Å². The average Bonchev–Trinajstić information content (AvgIpc) is 3.09. The van der Waals surface area contributed by atoms with Crippen molar-refractivity contribution in [3.8, 4) is 0 Å². The van der Waals surface area contributed by atoms with Gasteiger partial charge < -0.3 is 14.5 Å². The van der Waals surface area contributed by atoms with Crippen molar-refractivity contribution in [3.63, 3.8) is 0 Å². The molecule has 0 atom stereocenters. The molecule has 0 spiro atoms. The minimum Gasteiger partial charge on any atom is -0.444 e. The minimum atomic E-state index is -0.463. The first-order valence-corrected chi connectivity index (χ1v) is 10.5. The lowest BCUT2D eigenvalue weighted by Crippen LogP contribution is -2.32. The Hall–Kier alpha value is -2.28. The molecule has 0 saturated heterocycles. The highest BCUT2D eigenvalue weighted by Gasteiger charge is 2.15. The van der Waals surface area contributed by atoms with E-state index in [1.807, 2.05) is 39.0 Å². The van der Waals surface area contributed by atoms with Crippen molar-refractivity contribution in [2.45, 2.75) is 57.3 Å². The van der Waals surface area contributed by atoms with Gasteiger partial charge in [-0.1, -0.05) is 60.7 Å². The highest BCUT2D eigenvalue weighted by molar-refractivity contribution is 7.99. The number of amides is 1. The van der Waals surface area contributed by atoms with Gasteiger partial charge >= 0.3 is 6.09 Å². The van der Waals surface area contributed by atoms with Gasteiger partial charge in [0.25, 0.3) is 5.22 Å². The number of unbranched alkanes of at least 4 members (excludes halogenated alkanes) is 2. The quantitative estimate of drug-likeness (QED) is 0.439. The van der Waals surface area contributed by atoms with E-state index in [0.717, 1.165) is 31.4 Å². The van der Waals surface area contributed by atoms with Crippen LogP contribution in [0.2, 0.25) is 0 Å². The number of benzene rings is 1. The monoisotopic (exact) mass is 403 g/mol. The first kappa shape index (κ1) is 22.0. The standard InChI is InChI=1S/C21H29N3O3S/c1-21(2,3)27-19(25)22-15-9-5-8-14-18-23-24-20(26-18)28-16-10-13-17-11-6-4-7-12-17/h4,6-7,10-13H,5,8-9,14-16H2,1-3H3,(H,22,25)/b13-10+. The van der Waals surface area contributed by atoms with Crippen molar-refractivity contribution in [2.24, 2.45) is 0 Å². The number of aryl methyl sites for hydroxylation is 1. The third-order valence-electron chi connectivity index (χ3n) is 3.60. The molecule has 1 aromatic heterocycles. The molecule has 2 rings (SSSR count). The molecule has 1 aromatic carbocycles. The third-order valence-corrected chi connectivity index (χ3v) is 4.37. The van der Waals surface area contributed by atoms with Crippen molar-refractivity contribution in [3.05, 3.63) is 47.9 Å². The summed E-state index contributed by atoms with van der Waals surface area (Å²) in [4.78, 5) is 11.5. The largest absolute Gasteiger partial charge is 0.444 e. The van der Waals surface area contributed by atoms with E-state index < -0.39 is 5.60 Å². The molecule has 0 fully saturated rings. The highest BCUT2D eigenvalue weighted by Crippen LogP contribution is 2.17. The number of rotatable bonds is 10. The van der Waals surface area contributed by atoms with Crippen LogP contribution in [-0.2, 0) is 11.2 Å². The molecule has 0 aliphatic carbocycles. The number of thioether (sulfide) groups is 1. The molecule has 0 bridgehead atoms. The lowest BCUT2D eigenvalue weighted by atomic mass is 10.2. The molecule has 0 unspecified atom stereocenters. The van der Waals surface area contributed by atoms with Gasteiger partial charge in [0, 0.05) is 18.7 Å². The van der Waals surface area contributed by atoms with Crippen LogP contribution < -0.4 is 5.32 Å². The maximum atomic E-state index is 11.5. The summed E-state index contributed by atoms with van der Waals surface area (Å²) in [6.07, 6.45) is 7.35. The zero-order chi connectivity index (χ0) is 20.2. The van der Waals surface area contributed by atoms with E-state index >= 15 is 0 Å². The molecule has 0 saturated carbocycles. The van der Waals surface area contributed by atoms with Crippen LogP contribution in [0.15, 0.2) is 46.0 Å². The summed E-state index contributed by atoms with van der Waals surface area (Å²) in [5.41, 5.74) is 0.713. The fourth-order valence-electron chi connectivity index (χ4n) is 2.35. The predicted octanol–water partition coefficient (Wildman–Crippen LogP) is 5.11. The van der Waals surface area contributed by atoms with Gasteiger partial charge in [0.2, 0.25) is 5.89 Å². The number of nitrogens with one attached hydrogen (secondary N) is 1. The zero-order valence-corrected chi connectivity index (χ0v) is 17.6. The van der Waals surface area contributed by atoms with Gasteiger partial charge in [-0.3, -0.25) is 0 Å². The van der Waals surface area contributed by atoms with Crippen molar-refractivity contribution < 1.29 is 13.9 Å². The summed E-state index contributed by atoms with van der Waals surface area (Å²) < 4.78 is 10.8. The number of aromatic nitrogens is 2. The Morgan fingerprint density at radius 2 is 1.96 bits per heavy atom. The second-order valence-electron chi connectivity index (χ2n) is 7.33. The van der Waals surface area contributed by atoms with E-state index in [4.69, 9.17) is 9.15 Å². The number of ether oxygens (including phenoxy) is 1. The number of hydrogen-bond donors (Lipinski definition) is 1. The Kier molecular flexibility index (Phi) is 9.07. The summed E-state index contributed by atoms with van der Waals surface area (Å²) >= 11 is 1.53. The number of hydrogen-bond acceptors (Lipinski definition) is 6. The van der Waals surface area contributed by atoms with Crippen LogP contribution in [0, 0.1) is 0 Å². The summed E-state index contributed by atoms with van der Waals surface area (Å²) in [6.45, 7) is 6.16. The smallest absolute Gasteiger partial charge is 0.407 e. The molecule has 6 nitrogen and oxygen atoms in total. The molecule has 152 valence electrons. The van der Waals surface area contributed by atoms with Crippen LogP contribution in [-0.4, -0.2) is 34.2 Å². The molecule has 0 radical (unpaired) electrons. The molecule has 1 heterocycles. The van der Waals surface area contributed by atoms with E-state index in [2.05, 4.69) is 39.8 Å². The predicted molar refractivity (Wildman–Crippen MR) is 112 cm³/mol. The highest BCUT2D eigenvalue weighted by atomic mass is 32.2. The Bertz CT molecular complexity index is 739. The summed E-state index contributed by atoms with van der Waals surface area (Å²) in [7, 11) is 0. The van der Waals surface area contributed by atoms with E-state index in [9.17, 15) is 4.79 Å². The Morgan fingerprint density at radius 3 is 2.71 bits per heavy atom. The van der Waals surface area contributed by atoms with Crippen LogP contribution in [0.3, 0.4) is 0 Å². The molecular formula is C21H29N3O3S. The molecular weight excluding hydrogens is 374 g/mol. The van der Waals surface area contributed by atoms with E-state index in [0.29, 0.717) is 17.7 Å². The van der Waals surface area contributed by atoms with Crippen molar-refractivity contribution in [2.75, 3.05) is 12.3 Å². The Balaban J connectivity index is 1.55. The molecule has 1 N–H and O–H groups in total. The Morgan fingerprint density at radius 1 is 1.18 bits per heavy atom. The Labute approximate surface area is 171 Å². The minimum absolute atomic E-state index is 0.368. The fraction of sp³-hybridized carbons (Fsp3) is 0.476. The first-order valence-electron chi connectivity index (χ1n) is 9.56. The molecule has 0 aliphatic heterocycles. The summed E-state index contributed by atoms with van der Waals surface area (Å²) in [5, 5.41) is 11.5. The van der Waals surface area contributed by atoms with Gasteiger partial charge in [-0.25, -0.2) is 4.79 Å². The number of carbonyl (C=O) groups excluding carboxylic acids is 1. The maximum Gasteiger partial charge on any atom is 0.407 e. The fourth-order valence-corrected chi connectivity index (χ4v) is 2.94. The van der Waals surface area contributed by atoms with Crippen molar-refractivity contribution in [1.82, 2.24) is 15.5 Å². The van der Waals surface area contributed by atoms with Gasteiger partial charge in [0.15, 0.2) is 0 Å². The van der Waals surface area contributed by atoms with Crippen molar-refractivity contribution >= 4 is 23.9 Å². The second kappa shape index (κ2) is 11.5. The van der Waals surface area contributed by atoms with Gasteiger partial charge in [0.05, 0.1) is 0 Å². The molecule has 7 heteroatoms. The maximum absolute atomic E-state index is 11.5. The topological polar surface area (TPSA) is 77.2 Å². The van der Waals surface area contributed by atoms with Gasteiger partial charge in [-0.05, 0) is 39.2 Å². The van der Waals surface area contributed by atoms with Crippen LogP contribution in [0.4, 0.5) is 4.79 Å². The molecule has 28 heavy (non-hydrogen) atoms. The van der Waals surface area contributed by atoms with Crippen LogP contribution >= 0.6 is 11.8 Å². The lowest BCUT2D eigenvalue weighted by Gasteiger charge is -2.19. The van der Waals surface area contributed by atoms with E-state index in [-0.39, 0.29) is 6.09 Å². The van der Waals surface area contributed by atoms with Crippen molar-refractivity contribution in [1.29, 1.82) is 0 Å².